The van der Waals surface area contributed by atoms with Crippen LogP contribution in [0.1, 0.15) is 17.5 Å². The highest BCUT2D eigenvalue weighted by Crippen LogP contribution is 2.19. The first-order chi connectivity index (χ1) is 10.6. The molecule has 0 saturated carbocycles. The summed E-state index contributed by atoms with van der Waals surface area (Å²) in [6, 6.07) is 14.9. The summed E-state index contributed by atoms with van der Waals surface area (Å²) in [5.41, 5.74) is 3.31. The number of aryl methyl sites for hydroxylation is 1. The molecule has 0 bridgehead atoms. The predicted molar refractivity (Wildman–Crippen MR) is 91.8 cm³/mol. The fraction of sp³-hybridized carbons (Fsp3) is 0.176. The Morgan fingerprint density at radius 1 is 1.27 bits per heavy atom. The lowest BCUT2D eigenvalue weighted by molar-refractivity contribution is -0.115. The molecule has 2 N–H and O–H groups in total. The molecule has 0 saturated heterocycles. The molecule has 4 nitrogen and oxygen atoms in total. The molecule has 0 unspecified atom stereocenters. The summed E-state index contributed by atoms with van der Waals surface area (Å²) in [5, 5.41) is 14.9. The lowest BCUT2D eigenvalue weighted by Crippen LogP contribution is -2.16. The number of carbonyl (C=O) groups excluding carboxylic acids is 1. The Labute approximate surface area is 138 Å². The van der Waals surface area contributed by atoms with E-state index in [1.165, 1.54) is 0 Å². The molecule has 5 heteroatoms. The third-order valence-electron chi connectivity index (χ3n) is 3.13. The molecule has 2 rings (SSSR count). The number of nitrogens with zero attached hydrogens (tertiary/aromatic N) is 1. The summed E-state index contributed by atoms with van der Waals surface area (Å²) < 4.78 is 1.03. The lowest BCUT2D eigenvalue weighted by Gasteiger charge is -2.10. The predicted octanol–water partition coefficient (Wildman–Crippen LogP) is 4.07. The fourth-order valence-electron chi connectivity index (χ4n) is 2.03. The summed E-state index contributed by atoms with van der Waals surface area (Å²) in [6.07, 6.45) is 0.353. The molecule has 22 heavy (non-hydrogen) atoms. The van der Waals surface area contributed by atoms with Crippen LogP contribution in [0.3, 0.4) is 0 Å². The van der Waals surface area contributed by atoms with E-state index in [0.717, 1.165) is 15.7 Å². The van der Waals surface area contributed by atoms with E-state index in [1.807, 2.05) is 31.2 Å². The Morgan fingerprint density at radius 3 is 2.82 bits per heavy atom. The minimum atomic E-state index is -0.0858. The highest BCUT2D eigenvalue weighted by molar-refractivity contribution is 9.10. The van der Waals surface area contributed by atoms with Crippen molar-refractivity contribution in [3.63, 3.8) is 0 Å². The molecule has 1 amide bonds. The van der Waals surface area contributed by atoms with E-state index in [9.17, 15) is 4.79 Å². The number of carbonyl (C=O) groups is 1. The van der Waals surface area contributed by atoms with Crippen LogP contribution in [0, 0.1) is 18.3 Å². The molecule has 2 aromatic rings. The second kappa shape index (κ2) is 7.62. The summed E-state index contributed by atoms with van der Waals surface area (Å²) in [6.45, 7) is 2.56. The first-order valence-electron chi connectivity index (χ1n) is 6.88. The van der Waals surface area contributed by atoms with E-state index in [0.29, 0.717) is 24.2 Å². The van der Waals surface area contributed by atoms with Gasteiger partial charge in [-0.25, -0.2) is 0 Å². The van der Waals surface area contributed by atoms with E-state index in [-0.39, 0.29) is 5.91 Å². The maximum absolute atomic E-state index is 11.9. The zero-order chi connectivity index (χ0) is 15.9. The van der Waals surface area contributed by atoms with Crippen molar-refractivity contribution in [3.8, 4) is 6.07 Å². The van der Waals surface area contributed by atoms with Crippen LogP contribution >= 0.6 is 15.9 Å². The Balaban J connectivity index is 1.84. The third-order valence-corrected chi connectivity index (χ3v) is 3.62. The Morgan fingerprint density at radius 2 is 2.09 bits per heavy atom. The van der Waals surface area contributed by atoms with Crippen molar-refractivity contribution in [2.24, 2.45) is 0 Å². The van der Waals surface area contributed by atoms with Gasteiger partial charge in [-0.2, -0.15) is 5.26 Å². The quantitative estimate of drug-likeness (QED) is 0.847. The van der Waals surface area contributed by atoms with Crippen molar-refractivity contribution in [1.82, 2.24) is 0 Å². The third kappa shape index (κ3) is 4.61. The van der Waals surface area contributed by atoms with E-state index in [1.54, 1.807) is 24.3 Å². The first-order valence-corrected chi connectivity index (χ1v) is 7.68. The molecule has 112 valence electrons. The number of halogens is 1. The molecule has 0 aromatic heterocycles. The molecule has 2 aromatic carbocycles. The van der Waals surface area contributed by atoms with E-state index >= 15 is 0 Å². The van der Waals surface area contributed by atoms with Crippen LogP contribution in [0.5, 0.6) is 0 Å². The lowest BCUT2D eigenvalue weighted by atomic mass is 10.2. The standard InChI is InChI=1S/C17H16BrN3O/c1-12-9-14(18)5-6-16(12)20-8-7-17(22)21-15-4-2-3-13(10-15)11-19/h2-6,9-10,20H,7-8H2,1H3,(H,21,22). The summed E-state index contributed by atoms with van der Waals surface area (Å²) in [4.78, 5) is 11.9. The van der Waals surface area contributed by atoms with Gasteiger partial charge in [0.25, 0.3) is 0 Å². The molecular formula is C17H16BrN3O. The minimum absolute atomic E-state index is 0.0858. The normalized spacial score (nSPS) is 9.86. The minimum Gasteiger partial charge on any atom is -0.384 e. The molecule has 0 radical (unpaired) electrons. The number of nitrogens with one attached hydrogen (secondary N) is 2. The highest BCUT2D eigenvalue weighted by Gasteiger charge is 2.04. The number of hydrogen-bond donors (Lipinski definition) is 2. The van der Waals surface area contributed by atoms with Crippen LogP contribution < -0.4 is 10.6 Å². The van der Waals surface area contributed by atoms with Crippen LogP contribution in [0.15, 0.2) is 46.9 Å². The Kier molecular flexibility index (Phi) is 5.56. The number of hydrogen-bond acceptors (Lipinski definition) is 3. The van der Waals surface area contributed by atoms with Crippen LogP contribution in [0.4, 0.5) is 11.4 Å². The van der Waals surface area contributed by atoms with E-state index in [4.69, 9.17) is 5.26 Å². The molecule has 0 fully saturated rings. The highest BCUT2D eigenvalue weighted by atomic mass is 79.9. The maximum atomic E-state index is 11.9. The van der Waals surface area contributed by atoms with Crippen LogP contribution in [-0.2, 0) is 4.79 Å². The molecule has 0 spiro atoms. The molecular weight excluding hydrogens is 342 g/mol. The smallest absolute Gasteiger partial charge is 0.226 e. The fourth-order valence-corrected chi connectivity index (χ4v) is 2.50. The van der Waals surface area contributed by atoms with Gasteiger partial charge in [0.15, 0.2) is 0 Å². The molecule has 0 heterocycles. The zero-order valence-electron chi connectivity index (χ0n) is 12.2. The SMILES string of the molecule is Cc1cc(Br)ccc1NCCC(=O)Nc1cccc(C#N)c1. The van der Waals surface area contributed by atoms with E-state index < -0.39 is 0 Å². The van der Waals surface area contributed by atoms with Crippen LogP contribution in [-0.4, -0.2) is 12.5 Å². The number of amides is 1. The van der Waals surface area contributed by atoms with Crippen molar-refractivity contribution in [2.45, 2.75) is 13.3 Å². The van der Waals surface area contributed by atoms with Gasteiger partial charge < -0.3 is 10.6 Å². The monoisotopic (exact) mass is 357 g/mol. The average Bonchev–Trinajstić information content (AvgIpc) is 2.49. The number of rotatable bonds is 5. The number of anilines is 2. The molecule has 0 atom stereocenters. The molecule has 0 aliphatic rings. The van der Waals surface area contributed by atoms with Crippen molar-refractivity contribution in [3.05, 3.63) is 58.1 Å². The van der Waals surface area contributed by atoms with Crippen LogP contribution in [0.2, 0.25) is 0 Å². The van der Waals surface area contributed by atoms with Gasteiger partial charge in [-0.3, -0.25) is 4.79 Å². The van der Waals surface area contributed by atoms with Gasteiger partial charge in [-0.05, 0) is 48.9 Å². The van der Waals surface area contributed by atoms with Gasteiger partial charge in [-0.15, -0.1) is 0 Å². The molecule has 0 aliphatic carbocycles. The van der Waals surface area contributed by atoms with Gasteiger partial charge in [-0.1, -0.05) is 22.0 Å². The topological polar surface area (TPSA) is 64.9 Å². The van der Waals surface area contributed by atoms with Gasteiger partial charge in [0, 0.05) is 28.8 Å². The number of nitriles is 1. The Hall–Kier alpha value is -2.32. The summed E-state index contributed by atoms with van der Waals surface area (Å²) in [7, 11) is 0. The summed E-state index contributed by atoms with van der Waals surface area (Å²) in [5.74, 6) is -0.0858. The van der Waals surface area contributed by atoms with E-state index in [2.05, 4.69) is 26.6 Å². The summed E-state index contributed by atoms with van der Waals surface area (Å²) >= 11 is 3.42. The second-order valence-corrected chi connectivity index (χ2v) is 5.79. The van der Waals surface area contributed by atoms with Crippen molar-refractivity contribution in [1.29, 1.82) is 5.26 Å². The van der Waals surface area contributed by atoms with Crippen molar-refractivity contribution < 1.29 is 4.79 Å². The van der Waals surface area contributed by atoms with Gasteiger partial charge in [0.2, 0.25) is 5.91 Å². The van der Waals surface area contributed by atoms with Crippen molar-refractivity contribution >= 4 is 33.2 Å². The van der Waals surface area contributed by atoms with Crippen LogP contribution in [0.25, 0.3) is 0 Å². The second-order valence-electron chi connectivity index (χ2n) is 4.88. The molecule has 0 aliphatic heterocycles. The number of benzene rings is 2. The maximum Gasteiger partial charge on any atom is 0.226 e. The van der Waals surface area contributed by atoms with Gasteiger partial charge >= 0.3 is 0 Å². The van der Waals surface area contributed by atoms with Gasteiger partial charge in [0.1, 0.15) is 0 Å². The average molecular weight is 358 g/mol. The first kappa shape index (κ1) is 16.1. The van der Waals surface area contributed by atoms with Crippen molar-refractivity contribution in [2.75, 3.05) is 17.2 Å². The largest absolute Gasteiger partial charge is 0.384 e. The Bertz CT molecular complexity index is 722. The zero-order valence-corrected chi connectivity index (χ0v) is 13.8. The van der Waals surface area contributed by atoms with Gasteiger partial charge in [0.05, 0.1) is 11.6 Å².